The SMILES string of the molecule is CN1CCN(S(=O)(=O)c2cccc(NC(=O)Cn3ncc4ccccc4c3=O)c2)CC1. The van der Waals surface area contributed by atoms with E-state index in [-0.39, 0.29) is 17.0 Å². The summed E-state index contributed by atoms with van der Waals surface area (Å²) in [6.07, 6.45) is 1.53. The van der Waals surface area contributed by atoms with Crippen molar-refractivity contribution in [2.24, 2.45) is 0 Å². The highest BCUT2D eigenvalue weighted by Gasteiger charge is 2.27. The van der Waals surface area contributed by atoms with Gasteiger partial charge in [-0.05, 0) is 31.3 Å². The third-order valence-corrected chi connectivity index (χ3v) is 7.17. The number of hydrogen-bond acceptors (Lipinski definition) is 6. The van der Waals surface area contributed by atoms with Crippen LogP contribution in [-0.4, -0.2) is 66.5 Å². The van der Waals surface area contributed by atoms with E-state index in [1.54, 1.807) is 30.3 Å². The molecule has 1 aromatic heterocycles. The smallest absolute Gasteiger partial charge is 0.275 e. The molecule has 1 amide bonds. The largest absolute Gasteiger partial charge is 0.324 e. The van der Waals surface area contributed by atoms with Crippen molar-refractivity contribution in [3.05, 3.63) is 65.1 Å². The average molecular weight is 442 g/mol. The molecule has 0 radical (unpaired) electrons. The fourth-order valence-corrected chi connectivity index (χ4v) is 4.96. The van der Waals surface area contributed by atoms with Crippen molar-refractivity contribution in [3.8, 4) is 0 Å². The summed E-state index contributed by atoms with van der Waals surface area (Å²) < 4.78 is 28.4. The average Bonchev–Trinajstić information content (AvgIpc) is 2.76. The first-order valence-corrected chi connectivity index (χ1v) is 11.3. The highest BCUT2D eigenvalue weighted by atomic mass is 32.2. The Kier molecular flexibility index (Phi) is 5.86. The van der Waals surface area contributed by atoms with Crippen LogP contribution < -0.4 is 10.9 Å². The van der Waals surface area contributed by atoms with Crippen LogP contribution in [0.15, 0.2) is 64.4 Å². The molecule has 0 aliphatic carbocycles. The molecule has 2 aromatic carbocycles. The molecule has 10 heteroatoms. The molecule has 162 valence electrons. The van der Waals surface area contributed by atoms with Crippen LogP contribution in [0.2, 0.25) is 0 Å². The van der Waals surface area contributed by atoms with Gasteiger partial charge in [-0.2, -0.15) is 9.40 Å². The Bertz CT molecular complexity index is 1280. The molecule has 9 nitrogen and oxygen atoms in total. The van der Waals surface area contributed by atoms with Crippen molar-refractivity contribution in [2.45, 2.75) is 11.4 Å². The number of rotatable bonds is 5. The van der Waals surface area contributed by atoms with Gasteiger partial charge < -0.3 is 10.2 Å². The number of hydrogen-bond donors (Lipinski definition) is 1. The van der Waals surface area contributed by atoms with Gasteiger partial charge in [-0.15, -0.1) is 0 Å². The van der Waals surface area contributed by atoms with Crippen molar-refractivity contribution >= 4 is 32.4 Å². The first-order chi connectivity index (χ1) is 14.8. The summed E-state index contributed by atoms with van der Waals surface area (Å²) in [6.45, 7) is 1.91. The van der Waals surface area contributed by atoms with E-state index in [1.165, 1.54) is 22.6 Å². The zero-order valence-electron chi connectivity index (χ0n) is 17.1. The summed E-state index contributed by atoms with van der Waals surface area (Å²) in [6, 6.07) is 13.2. The van der Waals surface area contributed by atoms with E-state index in [2.05, 4.69) is 15.3 Å². The molecular formula is C21H23N5O4S. The lowest BCUT2D eigenvalue weighted by Crippen LogP contribution is -2.47. The minimum atomic E-state index is -3.65. The zero-order chi connectivity index (χ0) is 22.0. The minimum Gasteiger partial charge on any atom is -0.324 e. The van der Waals surface area contributed by atoms with E-state index in [9.17, 15) is 18.0 Å². The normalized spacial score (nSPS) is 15.8. The summed E-state index contributed by atoms with van der Waals surface area (Å²) in [5.74, 6) is -0.473. The Hall–Kier alpha value is -3.08. The Morgan fingerprint density at radius 2 is 1.81 bits per heavy atom. The Labute approximate surface area is 179 Å². The van der Waals surface area contributed by atoms with Gasteiger partial charge in [0.2, 0.25) is 15.9 Å². The molecule has 0 spiro atoms. The fourth-order valence-electron chi connectivity index (χ4n) is 3.49. The maximum atomic E-state index is 12.9. The molecule has 0 saturated carbocycles. The van der Waals surface area contributed by atoms with Crippen LogP contribution in [0.25, 0.3) is 10.8 Å². The van der Waals surface area contributed by atoms with Crippen LogP contribution in [0.4, 0.5) is 5.69 Å². The monoisotopic (exact) mass is 441 g/mol. The second-order valence-electron chi connectivity index (χ2n) is 7.48. The third kappa shape index (κ3) is 4.50. The zero-order valence-corrected chi connectivity index (χ0v) is 17.9. The van der Waals surface area contributed by atoms with E-state index in [0.717, 1.165) is 4.68 Å². The van der Waals surface area contributed by atoms with Crippen LogP contribution in [-0.2, 0) is 21.4 Å². The predicted molar refractivity (Wildman–Crippen MR) is 117 cm³/mol. The number of piperazine rings is 1. The number of anilines is 1. The van der Waals surface area contributed by atoms with Crippen molar-refractivity contribution in [3.63, 3.8) is 0 Å². The van der Waals surface area contributed by atoms with E-state index >= 15 is 0 Å². The number of aromatic nitrogens is 2. The summed E-state index contributed by atoms with van der Waals surface area (Å²) in [5, 5.41) is 7.88. The first kappa shape index (κ1) is 21.2. The molecule has 3 aromatic rings. The Morgan fingerprint density at radius 1 is 1.06 bits per heavy atom. The van der Waals surface area contributed by atoms with Crippen molar-refractivity contribution in [1.29, 1.82) is 0 Å². The third-order valence-electron chi connectivity index (χ3n) is 5.27. The number of nitrogens with zero attached hydrogens (tertiary/aromatic N) is 4. The molecule has 1 aliphatic rings. The van der Waals surface area contributed by atoms with Gasteiger partial charge in [-0.1, -0.05) is 24.3 Å². The van der Waals surface area contributed by atoms with Crippen LogP contribution in [0.1, 0.15) is 0 Å². The first-order valence-electron chi connectivity index (χ1n) is 9.88. The second-order valence-corrected chi connectivity index (χ2v) is 9.42. The van der Waals surface area contributed by atoms with Gasteiger partial charge in [0.25, 0.3) is 5.56 Å². The number of benzene rings is 2. The lowest BCUT2D eigenvalue weighted by molar-refractivity contribution is -0.117. The molecule has 0 unspecified atom stereocenters. The van der Waals surface area contributed by atoms with Gasteiger partial charge in [0, 0.05) is 37.3 Å². The van der Waals surface area contributed by atoms with Crippen molar-refractivity contribution in [1.82, 2.24) is 19.0 Å². The number of amides is 1. The fraction of sp³-hybridized carbons (Fsp3) is 0.286. The highest BCUT2D eigenvalue weighted by Crippen LogP contribution is 2.21. The van der Waals surface area contributed by atoms with Gasteiger partial charge in [0.05, 0.1) is 16.5 Å². The quantitative estimate of drug-likeness (QED) is 0.633. The number of carbonyl (C=O) groups excluding carboxylic acids is 1. The molecule has 1 N–H and O–H groups in total. The summed E-state index contributed by atoms with van der Waals surface area (Å²) >= 11 is 0. The number of nitrogens with one attached hydrogen (secondary N) is 1. The van der Waals surface area contributed by atoms with Crippen LogP contribution in [0, 0.1) is 0 Å². The number of likely N-dealkylation sites (N-methyl/N-ethyl adjacent to an activating group) is 1. The molecule has 1 aliphatic heterocycles. The van der Waals surface area contributed by atoms with E-state index in [4.69, 9.17) is 0 Å². The Morgan fingerprint density at radius 3 is 2.58 bits per heavy atom. The molecule has 1 saturated heterocycles. The van der Waals surface area contributed by atoms with Crippen LogP contribution >= 0.6 is 0 Å². The van der Waals surface area contributed by atoms with E-state index in [0.29, 0.717) is 42.6 Å². The summed E-state index contributed by atoms with van der Waals surface area (Å²) in [7, 11) is -1.69. The lowest BCUT2D eigenvalue weighted by Gasteiger charge is -2.31. The van der Waals surface area contributed by atoms with Crippen molar-refractivity contribution in [2.75, 3.05) is 38.5 Å². The molecule has 31 heavy (non-hydrogen) atoms. The van der Waals surface area contributed by atoms with Gasteiger partial charge in [-0.3, -0.25) is 9.59 Å². The highest BCUT2D eigenvalue weighted by molar-refractivity contribution is 7.89. The topological polar surface area (TPSA) is 105 Å². The number of carbonyl (C=O) groups is 1. The van der Waals surface area contributed by atoms with Gasteiger partial charge in [0.15, 0.2) is 0 Å². The van der Waals surface area contributed by atoms with Crippen LogP contribution in [0.5, 0.6) is 0 Å². The van der Waals surface area contributed by atoms with Gasteiger partial charge in [-0.25, -0.2) is 13.1 Å². The second kappa shape index (κ2) is 8.58. The van der Waals surface area contributed by atoms with Crippen molar-refractivity contribution < 1.29 is 13.2 Å². The van der Waals surface area contributed by atoms with E-state index in [1.807, 2.05) is 13.1 Å². The summed E-state index contributed by atoms with van der Waals surface area (Å²) in [4.78, 5) is 27.2. The molecule has 0 bridgehead atoms. The number of fused-ring (bicyclic) bond motifs is 1. The van der Waals surface area contributed by atoms with Gasteiger partial charge >= 0.3 is 0 Å². The summed E-state index contributed by atoms with van der Waals surface area (Å²) in [5.41, 5.74) is -0.0197. The molecule has 2 heterocycles. The molecule has 1 fully saturated rings. The predicted octanol–water partition coefficient (Wildman–Crippen LogP) is 0.971. The molecular weight excluding hydrogens is 418 g/mol. The molecule has 0 atom stereocenters. The maximum Gasteiger partial charge on any atom is 0.275 e. The standard InChI is InChI=1S/C21H23N5O4S/c1-24-9-11-25(12-10-24)31(29,30)18-7-4-6-17(13-18)23-20(27)15-26-21(28)19-8-3-2-5-16(19)14-22-26/h2-8,13-14H,9-12,15H2,1H3,(H,23,27). The van der Waals surface area contributed by atoms with E-state index < -0.39 is 15.9 Å². The lowest BCUT2D eigenvalue weighted by atomic mass is 10.2. The Balaban J connectivity index is 1.50. The maximum absolute atomic E-state index is 12.9. The van der Waals surface area contributed by atoms with Crippen LogP contribution in [0.3, 0.4) is 0 Å². The minimum absolute atomic E-state index is 0.121. The van der Waals surface area contributed by atoms with Gasteiger partial charge in [0.1, 0.15) is 6.54 Å². The number of sulfonamides is 1. The molecule has 4 rings (SSSR count).